The van der Waals surface area contributed by atoms with Crippen molar-refractivity contribution in [2.24, 2.45) is 0 Å². The number of allylic oxidation sites excluding steroid dienone is 5. The molecule has 0 N–H and O–H groups in total. The topological polar surface area (TPSA) is 125 Å². The molecule has 13 heteroatoms. The van der Waals surface area contributed by atoms with Crippen LogP contribution < -0.4 is 0 Å². The predicted molar refractivity (Wildman–Crippen MR) is 185 cm³/mol. The average Bonchev–Trinajstić information content (AvgIpc) is 2.85. The largest absolute Gasteiger partial charge is 0.466 e. The van der Waals surface area contributed by atoms with Gasteiger partial charge in [0.2, 0.25) is 0 Å². The Hall–Kier alpha value is -1.63. The minimum atomic E-state index is -0.252. The normalized spacial score (nSPS) is 7.68. The van der Waals surface area contributed by atoms with Crippen LogP contribution in [0.1, 0.15) is 72.6 Å². The molecule has 0 aliphatic rings. The number of Topliss-reactive ketones (excluding diaryl/α,β-unsaturated/α-hetero) is 3. The van der Waals surface area contributed by atoms with E-state index in [1.807, 2.05) is 0 Å². The molecule has 0 aliphatic heterocycles. The molecule has 0 saturated heterocycles. The fourth-order valence-corrected chi connectivity index (χ4v) is 1.13. The van der Waals surface area contributed by atoms with Gasteiger partial charge in [-0.3, -0.25) is 19.2 Å². The van der Waals surface area contributed by atoms with Crippen LogP contribution in [-0.2, 0) is 55.2 Å². The van der Waals surface area contributed by atoms with E-state index in [4.69, 9.17) is 13.5 Å². The highest BCUT2D eigenvalue weighted by molar-refractivity contribution is 8.37. The van der Waals surface area contributed by atoms with Crippen LogP contribution >= 0.6 is 25.8 Å². The SMILES string of the molecule is C.C.C=CC#N.C=CCC(C)=O.CC(=O)C/C=C\C#N.CCOC(=O)C/C=C/CC(C)=O.PPP.S=S=S.[2HH].[2H][2H]. The molecule has 7 nitrogen and oxygen atoms in total. The summed E-state index contributed by atoms with van der Waals surface area (Å²) in [6.07, 6.45) is 10.5. The van der Waals surface area contributed by atoms with Crippen LogP contribution in [0, 0.1) is 22.7 Å². The number of carbonyl (C=O) groups is 4. The summed E-state index contributed by atoms with van der Waals surface area (Å²) < 4.78 is 14.7. The summed E-state index contributed by atoms with van der Waals surface area (Å²) >= 11 is 8.25. The third kappa shape index (κ3) is 127. The van der Waals surface area contributed by atoms with Gasteiger partial charge in [0, 0.05) is 67.1 Å². The Morgan fingerprint density at radius 2 is 1.26 bits per heavy atom. The minimum absolute atomic E-state index is 0. The van der Waals surface area contributed by atoms with Gasteiger partial charge in [0.25, 0.3) is 0 Å². The van der Waals surface area contributed by atoms with Crippen LogP contribution in [0.2, 0.25) is 0 Å². The van der Waals surface area contributed by atoms with Gasteiger partial charge >= 0.3 is 5.97 Å². The van der Waals surface area contributed by atoms with Gasteiger partial charge < -0.3 is 4.74 Å². The summed E-state index contributed by atoms with van der Waals surface area (Å²) in [7, 11) is 6.97. The molecule has 0 spiro atoms. The molecule has 0 saturated carbocycles. The molecule has 0 aromatic rings. The van der Waals surface area contributed by atoms with Crippen molar-refractivity contribution in [2.45, 2.75) is 68.2 Å². The van der Waals surface area contributed by atoms with E-state index in [0.29, 0.717) is 25.9 Å². The summed E-state index contributed by atoms with van der Waals surface area (Å²) in [6.45, 7) is 13.2. The van der Waals surface area contributed by atoms with Crippen molar-refractivity contribution in [3.8, 4) is 12.1 Å². The summed E-state index contributed by atoms with van der Waals surface area (Å²) in [5, 5.41) is 15.4. The van der Waals surface area contributed by atoms with E-state index in [-0.39, 0.29) is 46.0 Å². The fourth-order valence-electron chi connectivity index (χ4n) is 1.13. The number of ether oxygens (including phenoxy) is 1. The van der Waals surface area contributed by atoms with E-state index in [2.05, 4.69) is 58.1 Å². The highest BCUT2D eigenvalue weighted by Crippen LogP contribution is 2.28. The maximum atomic E-state index is 10.7. The number of hydrogen-bond acceptors (Lipinski definition) is 9. The highest BCUT2D eigenvalue weighted by Gasteiger charge is 1.95. The first kappa shape index (κ1) is 52.7. The van der Waals surface area contributed by atoms with E-state index < -0.39 is 0 Å². The Labute approximate surface area is 255 Å². The van der Waals surface area contributed by atoms with Crippen molar-refractivity contribution in [3.05, 3.63) is 49.6 Å². The van der Waals surface area contributed by atoms with E-state index in [1.165, 1.54) is 26.0 Å². The maximum Gasteiger partial charge on any atom is 0.309 e. The van der Waals surface area contributed by atoms with E-state index >= 15 is 0 Å². The van der Waals surface area contributed by atoms with Gasteiger partial charge in [0.1, 0.15) is 17.3 Å². The van der Waals surface area contributed by atoms with Crippen molar-refractivity contribution >= 4 is 80.4 Å². The number of hydrogen-bond donors (Lipinski definition) is 0. The zero-order valence-corrected chi connectivity index (χ0v) is 27.0. The molecule has 0 radical (unpaired) electrons. The Morgan fingerprint density at radius 3 is 1.50 bits per heavy atom. The van der Waals surface area contributed by atoms with Crippen LogP contribution in [0.4, 0.5) is 0 Å². The Balaban J connectivity index is -0.0000000367. The molecule has 0 aromatic carbocycles. The average molecular weight is 650 g/mol. The lowest BCUT2D eigenvalue weighted by atomic mass is 10.3. The summed E-state index contributed by atoms with van der Waals surface area (Å²) in [4.78, 5) is 41.3. The van der Waals surface area contributed by atoms with Gasteiger partial charge in [-0.1, -0.05) is 53.7 Å². The lowest BCUT2D eigenvalue weighted by Crippen LogP contribution is -2.01. The molecular formula is C25H49N2O5P3S3. The standard InChI is InChI=1S/C9H14O3.C6H7NO.C5H8O.C3H3N.2CH4.H5P3.S3.2H2/c1-3-12-9(11)7-5-4-6-8(2)10;1-6(8)4-2-3-5-7;1-3-4-5(2)6;1-2-3-4;;;2*1-3-2;;/h4-5H,3,6-7H2,1-2H3;2-3H,4H2,1H3;3H,1,4H2,2H3;2H,1H2;2*1H4;3H,1-2H2;;2*1H/b5-4+;3-2-;;;;;;;;/i;;;;;;;;1+1D;1+1. The van der Waals surface area contributed by atoms with Crippen molar-refractivity contribution in [3.63, 3.8) is 0 Å². The lowest BCUT2D eigenvalue weighted by molar-refractivity contribution is -0.142. The monoisotopic (exact) mass is 649 g/mol. The zero-order chi connectivity index (χ0) is 31.6. The Kier molecular flexibility index (Phi) is 83.4. The minimum Gasteiger partial charge on any atom is -0.466 e. The van der Waals surface area contributed by atoms with E-state index in [1.54, 1.807) is 50.3 Å². The third-order valence-electron chi connectivity index (χ3n) is 2.28. The number of ketones is 3. The van der Waals surface area contributed by atoms with E-state index in [9.17, 15) is 19.2 Å². The highest BCUT2D eigenvalue weighted by atomic mass is 33.1. The Morgan fingerprint density at radius 1 is 0.921 bits per heavy atom. The van der Waals surface area contributed by atoms with Crippen molar-refractivity contribution in [2.75, 3.05) is 6.61 Å². The van der Waals surface area contributed by atoms with E-state index in [0.717, 1.165) is 16.8 Å². The van der Waals surface area contributed by atoms with Crippen molar-refractivity contribution in [1.29, 1.82) is 10.5 Å². The van der Waals surface area contributed by atoms with Gasteiger partial charge in [-0.15, -0.1) is 24.4 Å². The number of carbonyl (C=O) groups excluding carboxylic acids is 4. The second kappa shape index (κ2) is 60.1. The quantitative estimate of drug-likeness (QED) is 0.109. The van der Waals surface area contributed by atoms with Gasteiger partial charge in [-0.25, -0.2) is 0 Å². The summed E-state index contributed by atoms with van der Waals surface area (Å²) in [5.41, 5.74) is 0. The number of nitriles is 2. The first-order valence-corrected chi connectivity index (χ1v) is 17.3. The maximum absolute atomic E-state index is 10.7. The molecule has 0 aromatic heterocycles. The number of nitrogens with zero attached hydrogens (tertiary/aromatic N) is 2. The van der Waals surface area contributed by atoms with Crippen molar-refractivity contribution in [1.82, 2.24) is 0 Å². The van der Waals surface area contributed by atoms with Crippen LogP contribution in [0.15, 0.2) is 49.6 Å². The molecular weight excluding hydrogens is 597 g/mol. The Bertz CT molecular complexity index is 802. The molecule has 0 fully saturated rings. The molecule has 0 amide bonds. The van der Waals surface area contributed by atoms with Crippen molar-refractivity contribution < 1.29 is 28.3 Å². The molecule has 0 rings (SSSR count). The smallest absolute Gasteiger partial charge is 0.309 e. The molecule has 222 valence electrons. The lowest BCUT2D eigenvalue weighted by Gasteiger charge is -1.95. The van der Waals surface area contributed by atoms with Gasteiger partial charge in [0.15, 0.2) is 0 Å². The molecule has 2 unspecified atom stereocenters. The molecule has 2 atom stereocenters. The zero-order valence-electron chi connectivity index (χ0n) is 23.2. The molecule has 0 bridgehead atoms. The summed E-state index contributed by atoms with van der Waals surface area (Å²) in [6, 6.07) is 3.48. The molecule has 38 heavy (non-hydrogen) atoms. The predicted octanol–water partition coefficient (Wildman–Crippen LogP) is 7.37. The number of rotatable bonds is 9. The van der Waals surface area contributed by atoms with Gasteiger partial charge in [0.05, 0.1) is 25.2 Å². The first-order valence-electron chi connectivity index (χ1n) is 11.0. The molecule has 0 heterocycles. The van der Waals surface area contributed by atoms with Crippen LogP contribution in [0.3, 0.4) is 0 Å². The van der Waals surface area contributed by atoms with Crippen LogP contribution in [0.5, 0.6) is 0 Å². The second-order valence-electron chi connectivity index (χ2n) is 5.59. The van der Waals surface area contributed by atoms with Gasteiger partial charge in [-0.05, 0) is 27.7 Å². The molecule has 0 aliphatic carbocycles. The fraction of sp³-hybridized carbons (Fsp3) is 0.440. The number of esters is 1. The van der Waals surface area contributed by atoms with Crippen LogP contribution in [0.25, 0.3) is 0 Å². The summed E-state index contributed by atoms with van der Waals surface area (Å²) in [5.74, 6) is 0.0916. The van der Waals surface area contributed by atoms with Gasteiger partial charge in [-0.2, -0.15) is 10.5 Å². The van der Waals surface area contributed by atoms with Crippen LogP contribution in [-0.4, -0.2) is 29.9 Å². The third-order valence-corrected chi connectivity index (χ3v) is 2.28. The first-order chi connectivity index (χ1) is 17.9. The second-order valence-corrected chi connectivity index (χ2v) is 11.7.